The van der Waals surface area contributed by atoms with Crippen LogP contribution in [-0.4, -0.2) is 66.0 Å². The molecule has 0 aromatic carbocycles. The number of hydrogen-bond acceptors (Lipinski definition) is 8. The molecule has 1 saturated heterocycles. The van der Waals surface area contributed by atoms with E-state index in [1.165, 1.54) is 0 Å². The van der Waals surface area contributed by atoms with Gasteiger partial charge in [0, 0.05) is 43.2 Å². The molecule has 0 aliphatic carbocycles. The van der Waals surface area contributed by atoms with Crippen molar-refractivity contribution < 1.29 is 18.1 Å². The molecule has 0 saturated carbocycles. The molecule has 0 radical (unpaired) electrons. The van der Waals surface area contributed by atoms with Crippen molar-refractivity contribution in [2.75, 3.05) is 24.5 Å². The predicted octanol–water partition coefficient (Wildman–Crippen LogP) is 2.70. The zero-order chi connectivity index (χ0) is 25.7. The van der Waals surface area contributed by atoms with Crippen LogP contribution in [0.15, 0.2) is 35.4 Å². The molecule has 1 N–H and O–H groups in total. The summed E-state index contributed by atoms with van der Waals surface area (Å²) in [5.41, 5.74) is 1.56. The van der Waals surface area contributed by atoms with Gasteiger partial charge in [0.2, 0.25) is 5.89 Å². The first-order valence-corrected chi connectivity index (χ1v) is 11.6. The molecule has 1 atom stereocenters. The summed E-state index contributed by atoms with van der Waals surface area (Å²) in [4.78, 5) is 22.8. The number of hydrogen-bond donors (Lipinski definition) is 1. The number of carbonyl (C=O) groups is 1. The summed E-state index contributed by atoms with van der Waals surface area (Å²) < 4.78 is 38.9. The Balaban J connectivity index is 1.30. The second-order valence-corrected chi connectivity index (χ2v) is 10.1. The lowest BCUT2D eigenvalue weighted by Gasteiger charge is -2.39. The molecule has 11 nitrogen and oxygen atoms in total. The average molecular weight is 500 g/mol. The Bertz CT molecular complexity index is 1400. The van der Waals surface area contributed by atoms with Crippen molar-refractivity contribution in [3.05, 3.63) is 42.6 Å². The second kappa shape index (κ2) is 8.64. The van der Waals surface area contributed by atoms with Crippen LogP contribution in [0.3, 0.4) is 0 Å². The van der Waals surface area contributed by atoms with Crippen molar-refractivity contribution in [1.29, 1.82) is 0 Å². The van der Waals surface area contributed by atoms with Gasteiger partial charge in [0.1, 0.15) is 5.52 Å². The zero-order valence-corrected chi connectivity index (χ0v) is 20.4. The summed E-state index contributed by atoms with van der Waals surface area (Å²) in [5.74, 6) is -4.19. The van der Waals surface area contributed by atoms with Gasteiger partial charge in [-0.2, -0.15) is 15.2 Å². The van der Waals surface area contributed by atoms with Crippen LogP contribution in [-0.2, 0) is 12.5 Å². The molecule has 5 rings (SSSR count). The Hall–Kier alpha value is -3.90. The molecule has 5 heterocycles. The molecule has 0 spiro atoms. The lowest BCUT2D eigenvalue weighted by Crippen LogP contribution is -2.52. The molecular formula is C23H27F2N9O2. The molecule has 13 heteroatoms. The van der Waals surface area contributed by atoms with E-state index in [2.05, 4.69) is 30.6 Å². The highest BCUT2D eigenvalue weighted by atomic mass is 19.3. The predicted molar refractivity (Wildman–Crippen MR) is 126 cm³/mol. The summed E-state index contributed by atoms with van der Waals surface area (Å²) in [5, 5.41) is 14.7. The fourth-order valence-corrected chi connectivity index (χ4v) is 4.17. The Kier molecular flexibility index (Phi) is 5.72. The SMILES string of the molecule is Cn1cc(-c2cn3nccc3c(N3CCC(CNC(=O)c4noc(C(C)(C)C)n4)C(F)(F)C3)n2)cn1. The summed E-state index contributed by atoms with van der Waals surface area (Å²) >= 11 is 0. The molecule has 1 aliphatic heterocycles. The number of nitrogens with one attached hydrogen (secondary N) is 1. The van der Waals surface area contributed by atoms with E-state index in [1.807, 2.05) is 20.8 Å². The number of piperidine rings is 1. The van der Waals surface area contributed by atoms with E-state index in [-0.39, 0.29) is 18.8 Å². The van der Waals surface area contributed by atoms with Crippen LogP contribution in [0, 0.1) is 5.92 Å². The van der Waals surface area contributed by atoms with E-state index >= 15 is 8.78 Å². The van der Waals surface area contributed by atoms with Gasteiger partial charge in [0.15, 0.2) is 5.82 Å². The Labute approximate surface area is 205 Å². The minimum absolute atomic E-state index is 0.159. The van der Waals surface area contributed by atoms with Gasteiger partial charge >= 0.3 is 0 Å². The van der Waals surface area contributed by atoms with Gasteiger partial charge in [-0.25, -0.2) is 18.3 Å². The van der Waals surface area contributed by atoms with E-state index in [1.54, 1.807) is 52.0 Å². The van der Waals surface area contributed by atoms with Gasteiger partial charge in [-0.1, -0.05) is 25.9 Å². The number of carbonyl (C=O) groups excluding carboxylic acids is 1. The minimum Gasteiger partial charge on any atom is -0.349 e. The lowest BCUT2D eigenvalue weighted by atomic mass is 9.92. The highest BCUT2D eigenvalue weighted by molar-refractivity contribution is 5.90. The van der Waals surface area contributed by atoms with Gasteiger partial charge < -0.3 is 14.7 Å². The highest BCUT2D eigenvalue weighted by Crippen LogP contribution is 2.36. The topological polar surface area (TPSA) is 119 Å². The van der Waals surface area contributed by atoms with Gasteiger partial charge in [-0.15, -0.1) is 0 Å². The van der Waals surface area contributed by atoms with Crippen LogP contribution < -0.4 is 10.2 Å². The third kappa shape index (κ3) is 4.52. The second-order valence-electron chi connectivity index (χ2n) is 10.1. The van der Waals surface area contributed by atoms with Crippen molar-refractivity contribution in [2.24, 2.45) is 13.0 Å². The Morgan fingerprint density at radius 1 is 1.25 bits per heavy atom. The lowest BCUT2D eigenvalue weighted by molar-refractivity contribution is -0.0628. The third-order valence-electron chi connectivity index (χ3n) is 6.20. The van der Waals surface area contributed by atoms with Crippen LogP contribution in [0.25, 0.3) is 16.8 Å². The van der Waals surface area contributed by atoms with E-state index in [4.69, 9.17) is 4.52 Å². The van der Waals surface area contributed by atoms with Crippen molar-refractivity contribution >= 4 is 17.2 Å². The van der Waals surface area contributed by atoms with Crippen LogP contribution in [0.1, 0.15) is 43.7 Å². The normalized spacial score (nSPS) is 18.1. The molecular weight excluding hydrogens is 472 g/mol. The minimum atomic E-state index is -3.07. The largest absolute Gasteiger partial charge is 0.349 e. The first-order valence-electron chi connectivity index (χ1n) is 11.6. The highest BCUT2D eigenvalue weighted by Gasteiger charge is 2.45. The van der Waals surface area contributed by atoms with Gasteiger partial charge in [0.25, 0.3) is 17.7 Å². The fourth-order valence-electron chi connectivity index (χ4n) is 4.17. The van der Waals surface area contributed by atoms with Crippen molar-refractivity contribution in [2.45, 2.75) is 38.5 Å². The fraction of sp³-hybridized carbons (Fsp3) is 0.478. The number of alkyl halides is 2. The molecule has 1 aliphatic rings. The number of aromatic nitrogens is 7. The quantitative estimate of drug-likeness (QED) is 0.445. The van der Waals surface area contributed by atoms with E-state index in [9.17, 15) is 4.79 Å². The van der Waals surface area contributed by atoms with Crippen LogP contribution in [0.2, 0.25) is 0 Å². The zero-order valence-electron chi connectivity index (χ0n) is 20.4. The van der Waals surface area contributed by atoms with Gasteiger partial charge in [0.05, 0.1) is 30.8 Å². The average Bonchev–Trinajstić information content (AvgIpc) is 3.56. The monoisotopic (exact) mass is 499 g/mol. The third-order valence-corrected chi connectivity index (χ3v) is 6.20. The van der Waals surface area contributed by atoms with Crippen molar-refractivity contribution in [3.63, 3.8) is 0 Å². The molecule has 1 amide bonds. The number of rotatable bonds is 5. The number of aryl methyl sites for hydroxylation is 1. The van der Waals surface area contributed by atoms with Gasteiger partial charge in [-0.3, -0.25) is 9.48 Å². The molecule has 36 heavy (non-hydrogen) atoms. The summed E-state index contributed by atoms with van der Waals surface area (Å²) in [6.45, 7) is 5.22. The van der Waals surface area contributed by atoms with E-state index < -0.39 is 29.7 Å². The van der Waals surface area contributed by atoms with Crippen LogP contribution >= 0.6 is 0 Å². The van der Waals surface area contributed by atoms with Gasteiger partial charge in [-0.05, 0) is 12.5 Å². The van der Waals surface area contributed by atoms with E-state index in [0.29, 0.717) is 29.5 Å². The molecule has 190 valence electrons. The van der Waals surface area contributed by atoms with E-state index in [0.717, 1.165) is 5.56 Å². The van der Waals surface area contributed by atoms with Crippen LogP contribution in [0.5, 0.6) is 0 Å². The van der Waals surface area contributed by atoms with Crippen LogP contribution in [0.4, 0.5) is 14.6 Å². The van der Waals surface area contributed by atoms with Crippen molar-refractivity contribution in [1.82, 2.24) is 39.8 Å². The maximum absolute atomic E-state index is 15.3. The number of fused-ring (bicyclic) bond motifs is 1. The summed E-state index contributed by atoms with van der Waals surface area (Å²) in [7, 11) is 1.79. The smallest absolute Gasteiger partial charge is 0.292 e. The Morgan fingerprint density at radius 2 is 2.06 bits per heavy atom. The molecule has 4 aromatic rings. The van der Waals surface area contributed by atoms with Crippen molar-refractivity contribution in [3.8, 4) is 11.3 Å². The molecule has 4 aromatic heterocycles. The summed E-state index contributed by atoms with van der Waals surface area (Å²) in [6.07, 6.45) is 6.99. The number of anilines is 1. The molecule has 0 bridgehead atoms. The first kappa shape index (κ1) is 23.8. The number of nitrogens with zero attached hydrogens (tertiary/aromatic N) is 8. The number of halogens is 2. The molecule has 1 fully saturated rings. The number of amides is 1. The standard InChI is InChI=1S/C23H27F2N9O2/c1-22(2,3)21-30-18(31-36-21)20(35)26-10-15-6-8-33(13-23(15,24)25)19-17-5-7-27-34(17)12-16(29-19)14-9-28-32(4)11-14/h5,7,9,11-12,15H,6,8,10,13H2,1-4H3,(H,26,35). The maximum Gasteiger partial charge on any atom is 0.292 e. The maximum atomic E-state index is 15.3. The summed E-state index contributed by atoms with van der Waals surface area (Å²) in [6, 6.07) is 1.75. The first-order chi connectivity index (χ1) is 17.0. The Morgan fingerprint density at radius 3 is 2.72 bits per heavy atom. The molecule has 1 unspecified atom stereocenters.